The fourth-order valence-corrected chi connectivity index (χ4v) is 5.38. The van der Waals surface area contributed by atoms with Gasteiger partial charge in [0.1, 0.15) is 22.2 Å². The molecule has 5 rings (SSSR count). The quantitative estimate of drug-likeness (QED) is 0.570. The van der Waals surface area contributed by atoms with Gasteiger partial charge in [-0.05, 0) is 43.7 Å². The first-order chi connectivity index (χ1) is 15.9. The van der Waals surface area contributed by atoms with Crippen LogP contribution in [0.25, 0.3) is 16.6 Å². The summed E-state index contributed by atoms with van der Waals surface area (Å²) < 4.78 is 15.1. The number of halogens is 2. The van der Waals surface area contributed by atoms with Gasteiger partial charge in [-0.2, -0.15) is 0 Å². The maximum absolute atomic E-state index is 13.5. The van der Waals surface area contributed by atoms with E-state index in [9.17, 15) is 19.1 Å². The standard InChI is InChI=1S/C24H22ClFN4O3/c1-27-19-4-2-3-13-10-29(11-17(13)19)23-20(25)21-16(9-28-23)22(31)18(24(32)33)12-30(21)15-7-5-14(26)6-8-15/h2,4-9,12-13,17,19,27H,3,10-11H2,1H3,(H,32,33)/t13-,17+,19-/m1/s1. The van der Waals surface area contributed by atoms with Crippen LogP contribution in [-0.4, -0.2) is 46.8 Å². The Hall–Kier alpha value is -3.23. The van der Waals surface area contributed by atoms with Gasteiger partial charge < -0.3 is 19.9 Å². The molecule has 33 heavy (non-hydrogen) atoms. The number of carboxylic acids is 1. The third-order valence-corrected chi connectivity index (χ3v) is 7.01. The minimum absolute atomic E-state index is 0.0966. The zero-order valence-electron chi connectivity index (χ0n) is 17.8. The normalized spacial score (nSPS) is 22.0. The summed E-state index contributed by atoms with van der Waals surface area (Å²) in [5.41, 5.74) is -0.238. The first-order valence-corrected chi connectivity index (χ1v) is 11.1. The molecule has 1 aromatic carbocycles. The van der Waals surface area contributed by atoms with Gasteiger partial charge in [-0.3, -0.25) is 4.79 Å². The van der Waals surface area contributed by atoms with Gasteiger partial charge in [-0.25, -0.2) is 14.2 Å². The third-order valence-electron chi connectivity index (χ3n) is 6.67. The maximum Gasteiger partial charge on any atom is 0.341 e. The fraction of sp³-hybridized carbons (Fsp3) is 0.292. The monoisotopic (exact) mass is 468 g/mol. The molecule has 1 fully saturated rings. The molecule has 7 nitrogen and oxygen atoms in total. The number of hydrogen-bond donors (Lipinski definition) is 2. The van der Waals surface area contributed by atoms with Crippen molar-refractivity contribution >= 4 is 34.3 Å². The Morgan fingerprint density at radius 3 is 2.73 bits per heavy atom. The molecule has 9 heteroatoms. The summed E-state index contributed by atoms with van der Waals surface area (Å²) in [6.07, 6.45) is 8.00. The highest BCUT2D eigenvalue weighted by molar-refractivity contribution is 6.37. The number of anilines is 1. The van der Waals surface area contributed by atoms with E-state index in [-0.39, 0.29) is 16.5 Å². The molecule has 170 valence electrons. The van der Waals surface area contributed by atoms with Crippen molar-refractivity contribution < 1.29 is 14.3 Å². The van der Waals surface area contributed by atoms with E-state index in [2.05, 4.69) is 27.4 Å². The molecular weight excluding hydrogens is 447 g/mol. The van der Waals surface area contributed by atoms with Crippen LogP contribution in [0, 0.1) is 17.7 Å². The molecule has 0 radical (unpaired) electrons. The lowest BCUT2D eigenvalue weighted by molar-refractivity contribution is 0.0695. The maximum atomic E-state index is 13.5. The van der Waals surface area contributed by atoms with E-state index >= 15 is 0 Å². The molecule has 3 heterocycles. The summed E-state index contributed by atoms with van der Waals surface area (Å²) in [6, 6.07) is 5.82. The summed E-state index contributed by atoms with van der Waals surface area (Å²) in [5.74, 6) is -0.376. The van der Waals surface area contributed by atoms with Crippen molar-refractivity contribution in [3.8, 4) is 5.69 Å². The lowest BCUT2D eigenvalue weighted by atomic mass is 9.82. The smallest absolute Gasteiger partial charge is 0.341 e. The van der Waals surface area contributed by atoms with Crippen molar-refractivity contribution in [3.63, 3.8) is 0 Å². The number of carbonyl (C=O) groups is 1. The van der Waals surface area contributed by atoms with Gasteiger partial charge in [-0.1, -0.05) is 23.8 Å². The first kappa shape index (κ1) is 21.6. The zero-order valence-corrected chi connectivity index (χ0v) is 18.6. The van der Waals surface area contributed by atoms with E-state index in [0.717, 1.165) is 19.5 Å². The van der Waals surface area contributed by atoms with Crippen LogP contribution in [0.1, 0.15) is 16.8 Å². The number of likely N-dealkylation sites (N-methyl/N-ethyl adjacent to an activating group) is 1. The Balaban J connectivity index is 1.68. The van der Waals surface area contributed by atoms with Crippen LogP contribution < -0.4 is 15.6 Å². The topological polar surface area (TPSA) is 87.5 Å². The number of nitrogens with zero attached hydrogens (tertiary/aromatic N) is 3. The molecular formula is C24H22ClFN4O3. The van der Waals surface area contributed by atoms with Crippen molar-refractivity contribution in [2.45, 2.75) is 12.5 Å². The van der Waals surface area contributed by atoms with E-state index in [4.69, 9.17) is 11.6 Å². The summed E-state index contributed by atoms with van der Waals surface area (Å²) in [5, 5.41) is 13.3. The minimum Gasteiger partial charge on any atom is -0.477 e. The Morgan fingerprint density at radius 1 is 1.27 bits per heavy atom. The summed E-state index contributed by atoms with van der Waals surface area (Å²) >= 11 is 6.86. The molecule has 2 aromatic heterocycles. The van der Waals surface area contributed by atoms with Gasteiger partial charge in [0.2, 0.25) is 5.43 Å². The van der Waals surface area contributed by atoms with Crippen molar-refractivity contribution in [2.75, 3.05) is 25.0 Å². The minimum atomic E-state index is -1.35. The molecule has 0 spiro atoms. The number of aromatic carboxylic acids is 1. The number of aromatic nitrogens is 2. The zero-order chi connectivity index (χ0) is 23.3. The molecule has 1 aliphatic heterocycles. The molecule has 3 atom stereocenters. The predicted molar refractivity (Wildman–Crippen MR) is 125 cm³/mol. The second kappa shape index (κ2) is 8.28. The highest BCUT2D eigenvalue weighted by Gasteiger charge is 2.39. The van der Waals surface area contributed by atoms with Crippen LogP contribution in [-0.2, 0) is 0 Å². The lowest BCUT2D eigenvalue weighted by Gasteiger charge is -2.28. The molecule has 0 saturated carbocycles. The van der Waals surface area contributed by atoms with E-state index < -0.39 is 22.8 Å². The van der Waals surface area contributed by atoms with Gasteiger partial charge in [0.05, 0.1) is 10.9 Å². The molecule has 0 bridgehead atoms. The Kier molecular flexibility index (Phi) is 5.42. The first-order valence-electron chi connectivity index (χ1n) is 10.7. The molecule has 1 saturated heterocycles. The van der Waals surface area contributed by atoms with Gasteiger partial charge in [0.15, 0.2) is 0 Å². The average molecular weight is 469 g/mol. The SMILES string of the molecule is CN[C@@H]1C=CC[C@@H]2CN(c3ncc4c(=O)c(C(=O)O)cn(-c5ccc(F)cc5)c4c3Cl)C[C@@H]21. The van der Waals surface area contributed by atoms with Crippen molar-refractivity contribution in [3.05, 3.63) is 75.4 Å². The fourth-order valence-electron chi connectivity index (χ4n) is 5.02. The van der Waals surface area contributed by atoms with Gasteiger partial charge in [-0.15, -0.1) is 0 Å². The molecule has 0 unspecified atom stereocenters. The summed E-state index contributed by atoms with van der Waals surface area (Å²) in [4.78, 5) is 31.2. The van der Waals surface area contributed by atoms with Crippen LogP contribution in [0.4, 0.5) is 10.2 Å². The highest BCUT2D eigenvalue weighted by Crippen LogP contribution is 2.39. The van der Waals surface area contributed by atoms with Crippen molar-refractivity contribution in [2.24, 2.45) is 11.8 Å². The second-order valence-electron chi connectivity index (χ2n) is 8.49. The third kappa shape index (κ3) is 3.59. The van der Waals surface area contributed by atoms with Crippen LogP contribution in [0.2, 0.25) is 5.02 Å². The van der Waals surface area contributed by atoms with Gasteiger partial charge in [0, 0.05) is 43.1 Å². The average Bonchev–Trinajstić information content (AvgIpc) is 3.24. The Morgan fingerprint density at radius 2 is 2.03 bits per heavy atom. The highest BCUT2D eigenvalue weighted by atomic mass is 35.5. The second-order valence-corrected chi connectivity index (χ2v) is 8.87. The van der Waals surface area contributed by atoms with Gasteiger partial charge >= 0.3 is 5.97 Å². The molecule has 2 N–H and O–H groups in total. The number of rotatable bonds is 4. The lowest BCUT2D eigenvalue weighted by Crippen LogP contribution is -2.38. The summed E-state index contributed by atoms with van der Waals surface area (Å²) in [7, 11) is 1.95. The molecule has 2 aliphatic rings. The van der Waals surface area contributed by atoms with E-state index in [1.807, 2.05) is 7.05 Å². The molecule has 0 amide bonds. The molecule has 3 aromatic rings. The van der Waals surface area contributed by atoms with Crippen LogP contribution in [0.5, 0.6) is 0 Å². The number of hydrogen-bond acceptors (Lipinski definition) is 5. The van der Waals surface area contributed by atoms with Crippen LogP contribution >= 0.6 is 11.6 Å². The van der Waals surface area contributed by atoms with Crippen molar-refractivity contribution in [1.29, 1.82) is 0 Å². The number of carboxylic acid groups (broad SMARTS) is 1. The number of pyridine rings is 2. The van der Waals surface area contributed by atoms with Crippen molar-refractivity contribution in [1.82, 2.24) is 14.9 Å². The van der Waals surface area contributed by atoms with Crippen LogP contribution in [0.15, 0.2) is 53.6 Å². The number of nitrogens with one attached hydrogen (secondary N) is 1. The van der Waals surface area contributed by atoms with E-state index in [1.165, 1.54) is 41.2 Å². The number of benzene rings is 1. The van der Waals surface area contributed by atoms with E-state index in [0.29, 0.717) is 28.9 Å². The predicted octanol–water partition coefficient (Wildman–Crippen LogP) is 3.48. The molecule has 1 aliphatic carbocycles. The summed E-state index contributed by atoms with van der Waals surface area (Å²) in [6.45, 7) is 1.53. The number of allylic oxidation sites excluding steroid dienone is 1. The Bertz CT molecular complexity index is 1340. The van der Waals surface area contributed by atoms with Gasteiger partial charge in [0.25, 0.3) is 0 Å². The largest absolute Gasteiger partial charge is 0.477 e. The van der Waals surface area contributed by atoms with Crippen LogP contribution in [0.3, 0.4) is 0 Å². The number of fused-ring (bicyclic) bond motifs is 2. The van der Waals surface area contributed by atoms with E-state index in [1.54, 1.807) is 0 Å². The Labute approximate surface area is 194 Å².